The van der Waals surface area contributed by atoms with Crippen LogP contribution in [0.5, 0.6) is 5.75 Å². The molecule has 2 aromatic carbocycles. The largest absolute Gasteiger partial charge is 0.489 e. The van der Waals surface area contributed by atoms with Crippen LogP contribution in [0.1, 0.15) is 17.0 Å². The van der Waals surface area contributed by atoms with Gasteiger partial charge in [-0.15, -0.1) is 0 Å². The van der Waals surface area contributed by atoms with Crippen molar-refractivity contribution in [2.45, 2.75) is 13.5 Å². The van der Waals surface area contributed by atoms with Crippen molar-refractivity contribution in [1.29, 1.82) is 0 Å². The smallest absolute Gasteiger partial charge is 0.216 e. The van der Waals surface area contributed by atoms with Gasteiger partial charge >= 0.3 is 0 Å². The van der Waals surface area contributed by atoms with E-state index in [9.17, 15) is 0 Å². The molecule has 5 nitrogen and oxygen atoms in total. The Labute approximate surface area is 149 Å². The summed E-state index contributed by atoms with van der Waals surface area (Å²) in [7, 11) is 0. The van der Waals surface area contributed by atoms with E-state index in [1.807, 2.05) is 55.5 Å². The zero-order chi connectivity index (χ0) is 16.9. The number of hydrogen-bond acceptors (Lipinski definition) is 4. The van der Waals surface area contributed by atoms with Gasteiger partial charge in [-0.3, -0.25) is 5.10 Å². The number of nitrogens with zero attached hydrogens (tertiary/aromatic N) is 3. The standard InChI is InChI=1S/C17H15ClN4OS/c1-12-20-21-17(24)22(12)19-10-13-5-4-7-15(9-13)23-11-14-6-2-3-8-16(14)18/h2-10H,11H2,1H3,(H,21,24)/b19-10+. The summed E-state index contributed by atoms with van der Waals surface area (Å²) in [6.45, 7) is 2.24. The lowest BCUT2D eigenvalue weighted by molar-refractivity contribution is 0.306. The molecule has 0 aliphatic rings. The highest BCUT2D eigenvalue weighted by Gasteiger charge is 2.02. The molecule has 0 radical (unpaired) electrons. The number of rotatable bonds is 5. The molecular formula is C17H15ClN4OS. The summed E-state index contributed by atoms with van der Waals surface area (Å²) in [4.78, 5) is 0. The monoisotopic (exact) mass is 358 g/mol. The van der Waals surface area contributed by atoms with Crippen molar-refractivity contribution in [3.8, 4) is 5.75 Å². The van der Waals surface area contributed by atoms with E-state index in [4.69, 9.17) is 28.6 Å². The molecule has 0 amide bonds. The molecule has 3 rings (SSSR count). The molecule has 1 aromatic heterocycles. The fourth-order valence-corrected chi connectivity index (χ4v) is 2.51. The van der Waals surface area contributed by atoms with Gasteiger partial charge in [0.15, 0.2) is 0 Å². The number of aromatic nitrogens is 3. The van der Waals surface area contributed by atoms with Crippen LogP contribution in [-0.2, 0) is 6.61 Å². The molecule has 0 saturated heterocycles. The first-order chi connectivity index (χ1) is 11.6. The number of hydrogen-bond donors (Lipinski definition) is 1. The lowest BCUT2D eigenvalue weighted by atomic mass is 10.2. The van der Waals surface area contributed by atoms with Crippen LogP contribution in [0.4, 0.5) is 0 Å². The van der Waals surface area contributed by atoms with Crippen LogP contribution in [0.3, 0.4) is 0 Å². The Bertz CT molecular complexity index is 932. The van der Waals surface area contributed by atoms with E-state index in [0.29, 0.717) is 22.2 Å². The van der Waals surface area contributed by atoms with Gasteiger partial charge in [0.2, 0.25) is 4.77 Å². The summed E-state index contributed by atoms with van der Waals surface area (Å²) in [5, 5.41) is 11.7. The van der Waals surface area contributed by atoms with Gasteiger partial charge in [-0.1, -0.05) is 41.9 Å². The van der Waals surface area contributed by atoms with E-state index in [1.54, 1.807) is 10.9 Å². The first kappa shape index (κ1) is 16.4. The van der Waals surface area contributed by atoms with Crippen molar-refractivity contribution in [2.24, 2.45) is 5.10 Å². The molecule has 0 aliphatic carbocycles. The third-order valence-electron chi connectivity index (χ3n) is 3.34. The Kier molecular flexibility index (Phi) is 5.08. The highest BCUT2D eigenvalue weighted by molar-refractivity contribution is 7.71. The first-order valence-electron chi connectivity index (χ1n) is 7.28. The van der Waals surface area contributed by atoms with E-state index in [1.165, 1.54) is 0 Å². The van der Waals surface area contributed by atoms with Crippen LogP contribution in [0.25, 0.3) is 0 Å². The second-order valence-electron chi connectivity index (χ2n) is 5.08. The van der Waals surface area contributed by atoms with E-state index < -0.39 is 0 Å². The molecule has 122 valence electrons. The van der Waals surface area contributed by atoms with Gasteiger partial charge in [-0.05, 0) is 42.9 Å². The summed E-state index contributed by atoms with van der Waals surface area (Å²) in [6, 6.07) is 15.3. The van der Waals surface area contributed by atoms with E-state index in [2.05, 4.69) is 15.3 Å². The molecule has 7 heteroatoms. The third-order valence-corrected chi connectivity index (χ3v) is 3.98. The maximum Gasteiger partial charge on any atom is 0.216 e. The minimum Gasteiger partial charge on any atom is -0.489 e. The van der Waals surface area contributed by atoms with Crippen molar-refractivity contribution in [2.75, 3.05) is 0 Å². The lowest BCUT2D eigenvalue weighted by Crippen LogP contribution is -1.97. The minimum atomic E-state index is 0.409. The van der Waals surface area contributed by atoms with Crippen molar-refractivity contribution >= 4 is 30.0 Å². The van der Waals surface area contributed by atoms with Crippen LogP contribution in [-0.4, -0.2) is 21.1 Å². The quantitative estimate of drug-likeness (QED) is 0.544. The molecule has 0 fully saturated rings. The fraction of sp³-hybridized carbons (Fsp3) is 0.118. The Balaban J connectivity index is 1.73. The maximum absolute atomic E-state index is 6.14. The van der Waals surface area contributed by atoms with Crippen LogP contribution in [0.2, 0.25) is 5.02 Å². The zero-order valence-electron chi connectivity index (χ0n) is 12.9. The molecule has 24 heavy (non-hydrogen) atoms. The lowest BCUT2D eigenvalue weighted by Gasteiger charge is -2.08. The van der Waals surface area contributed by atoms with Crippen molar-refractivity contribution in [3.05, 3.63) is 75.3 Å². The summed E-state index contributed by atoms with van der Waals surface area (Å²) in [5.41, 5.74) is 1.84. The molecule has 0 aliphatic heterocycles. The zero-order valence-corrected chi connectivity index (χ0v) is 14.5. The Morgan fingerprint density at radius 1 is 1.29 bits per heavy atom. The predicted molar refractivity (Wildman–Crippen MR) is 97.4 cm³/mol. The van der Waals surface area contributed by atoms with Crippen LogP contribution >= 0.6 is 23.8 Å². The maximum atomic E-state index is 6.14. The molecular weight excluding hydrogens is 344 g/mol. The topological polar surface area (TPSA) is 55.2 Å². The number of aromatic amines is 1. The van der Waals surface area contributed by atoms with Crippen LogP contribution in [0, 0.1) is 11.7 Å². The van der Waals surface area contributed by atoms with Crippen LogP contribution < -0.4 is 4.74 Å². The number of H-pyrrole nitrogens is 1. The Hall–Kier alpha value is -2.44. The second kappa shape index (κ2) is 7.42. The number of aryl methyl sites for hydroxylation is 1. The molecule has 1 N–H and O–H groups in total. The average molecular weight is 359 g/mol. The minimum absolute atomic E-state index is 0.409. The summed E-state index contributed by atoms with van der Waals surface area (Å²) >= 11 is 11.3. The molecule has 3 aromatic rings. The third kappa shape index (κ3) is 3.90. The highest BCUT2D eigenvalue weighted by Crippen LogP contribution is 2.19. The molecule has 1 heterocycles. The number of halogens is 1. The summed E-state index contributed by atoms with van der Waals surface area (Å²) < 4.78 is 7.82. The molecule has 0 atom stereocenters. The van der Waals surface area contributed by atoms with Crippen molar-refractivity contribution < 1.29 is 4.74 Å². The fourth-order valence-electron chi connectivity index (χ4n) is 2.09. The average Bonchev–Trinajstić information content (AvgIpc) is 2.91. The SMILES string of the molecule is Cc1n[nH]c(=S)n1/N=C/c1cccc(OCc2ccccc2Cl)c1. The number of benzene rings is 2. The summed E-state index contributed by atoms with van der Waals surface area (Å²) in [6.07, 6.45) is 1.71. The molecule has 0 saturated carbocycles. The van der Waals surface area contributed by atoms with E-state index in [-0.39, 0.29) is 0 Å². The number of nitrogens with one attached hydrogen (secondary N) is 1. The second-order valence-corrected chi connectivity index (χ2v) is 5.88. The Morgan fingerprint density at radius 3 is 2.88 bits per heavy atom. The van der Waals surface area contributed by atoms with Crippen molar-refractivity contribution in [1.82, 2.24) is 14.9 Å². The Morgan fingerprint density at radius 2 is 2.12 bits per heavy atom. The van der Waals surface area contributed by atoms with Gasteiger partial charge in [-0.25, -0.2) is 0 Å². The summed E-state index contributed by atoms with van der Waals surface area (Å²) in [5.74, 6) is 1.44. The number of ether oxygens (including phenoxy) is 1. The normalized spacial score (nSPS) is 11.1. The predicted octanol–water partition coefficient (Wildman–Crippen LogP) is 4.36. The molecule has 0 spiro atoms. The van der Waals surface area contributed by atoms with Crippen molar-refractivity contribution in [3.63, 3.8) is 0 Å². The van der Waals surface area contributed by atoms with Gasteiger partial charge in [-0.2, -0.15) is 14.9 Å². The van der Waals surface area contributed by atoms with Crippen LogP contribution in [0.15, 0.2) is 53.6 Å². The van der Waals surface area contributed by atoms with Gasteiger partial charge in [0, 0.05) is 10.6 Å². The van der Waals surface area contributed by atoms with Gasteiger partial charge in [0.25, 0.3) is 0 Å². The van der Waals surface area contributed by atoms with E-state index >= 15 is 0 Å². The first-order valence-corrected chi connectivity index (χ1v) is 8.07. The van der Waals surface area contributed by atoms with Gasteiger partial charge in [0.05, 0.1) is 6.21 Å². The van der Waals surface area contributed by atoms with Gasteiger partial charge < -0.3 is 4.74 Å². The molecule has 0 bridgehead atoms. The van der Waals surface area contributed by atoms with Gasteiger partial charge in [0.1, 0.15) is 18.2 Å². The highest BCUT2D eigenvalue weighted by atomic mass is 35.5. The molecule has 0 unspecified atom stereocenters. The van der Waals surface area contributed by atoms with E-state index in [0.717, 1.165) is 16.9 Å².